The summed E-state index contributed by atoms with van der Waals surface area (Å²) in [6, 6.07) is 15.7. The number of nitrogens with zero attached hydrogens (tertiary/aromatic N) is 1. The van der Waals surface area contributed by atoms with E-state index in [1.54, 1.807) is 54.9 Å². The summed E-state index contributed by atoms with van der Waals surface area (Å²) in [7, 11) is 0. The van der Waals surface area contributed by atoms with Crippen molar-refractivity contribution in [3.63, 3.8) is 0 Å². The highest BCUT2D eigenvalue weighted by molar-refractivity contribution is 6.35. The Bertz CT molecular complexity index is 1050. The van der Waals surface area contributed by atoms with Gasteiger partial charge in [0, 0.05) is 47.5 Å². The zero-order valence-electron chi connectivity index (χ0n) is 16.6. The first-order valence-corrected chi connectivity index (χ1v) is 10.4. The zero-order valence-corrected chi connectivity index (χ0v) is 18.1. The molecule has 0 radical (unpaired) electrons. The number of nitrogens with one attached hydrogen (secondary N) is 2. The van der Waals surface area contributed by atoms with Crippen LogP contribution >= 0.6 is 23.2 Å². The van der Waals surface area contributed by atoms with Crippen molar-refractivity contribution in [2.24, 2.45) is 0 Å². The lowest BCUT2D eigenvalue weighted by Crippen LogP contribution is -2.30. The molecule has 0 aliphatic carbocycles. The maximum Gasteiger partial charge on any atom is 0.255 e. The maximum absolute atomic E-state index is 12.6. The van der Waals surface area contributed by atoms with Crippen LogP contribution in [0.1, 0.15) is 27.9 Å². The molecule has 6 nitrogen and oxygen atoms in total. The normalized spacial score (nSPS) is 10.4. The molecule has 0 bridgehead atoms. The average Bonchev–Trinajstić information content (AvgIpc) is 2.78. The first-order chi connectivity index (χ1) is 15.0. The lowest BCUT2D eigenvalue weighted by Gasteiger charge is -2.12. The van der Waals surface area contributed by atoms with Crippen LogP contribution in [0.25, 0.3) is 0 Å². The van der Waals surface area contributed by atoms with Crippen molar-refractivity contribution >= 4 is 35.0 Å². The van der Waals surface area contributed by atoms with E-state index in [2.05, 4.69) is 15.6 Å². The number of carbonyl (C=O) groups is 2. The third-order valence-corrected chi connectivity index (χ3v) is 4.97. The average molecular weight is 458 g/mol. The van der Waals surface area contributed by atoms with Crippen molar-refractivity contribution in [3.05, 3.63) is 93.7 Å². The molecule has 1 aromatic heterocycles. The first-order valence-electron chi connectivity index (χ1n) is 9.62. The fraction of sp³-hybridized carbons (Fsp3) is 0.174. The number of hydrogen-bond donors (Lipinski definition) is 2. The molecule has 0 spiro atoms. The van der Waals surface area contributed by atoms with Crippen molar-refractivity contribution in [2.45, 2.75) is 19.6 Å². The van der Waals surface area contributed by atoms with Crippen molar-refractivity contribution in [2.75, 3.05) is 6.54 Å². The van der Waals surface area contributed by atoms with E-state index in [1.165, 1.54) is 0 Å². The van der Waals surface area contributed by atoms with Gasteiger partial charge in [-0.05, 0) is 35.9 Å². The Kier molecular flexibility index (Phi) is 8.27. The molecule has 3 rings (SSSR count). The van der Waals surface area contributed by atoms with Gasteiger partial charge >= 0.3 is 0 Å². The number of carbonyl (C=O) groups excluding carboxylic acids is 2. The number of para-hydroxylation sites is 1. The highest BCUT2D eigenvalue weighted by atomic mass is 35.5. The summed E-state index contributed by atoms with van der Waals surface area (Å²) < 4.78 is 5.81. The number of amides is 2. The Balaban J connectivity index is 1.49. The smallest absolute Gasteiger partial charge is 0.255 e. The third kappa shape index (κ3) is 6.98. The van der Waals surface area contributed by atoms with E-state index in [-0.39, 0.29) is 31.4 Å². The molecule has 2 N–H and O–H groups in total. The molecule has 0 aliphatic heterocycles. The highest BCUT2D eigenvalue weighted by Crippen LogP contribution is 2.24. The molecule has 8 heteroatoms. The Hall–Kier alpha value is -3.09. The highest BCUT2D eigenvalue weighted by Gasteiger charge is 2.13. The predicted octanol–water partition coefficient (Wildman–Crippen LogP) is 4.40. The molecule has 0 unspecified atom stereocenters. The summed E-state index contributed by atoms with van der Waals surface area (Å²) in [5, 5.41) is 6.58. The summed E-state index contributed by atoms with van der Waals surface area (Å²) in [5.41, 5.74) is 2.04. The first kappa shape index (κ1) is 22.6. The molecule has 0 aliphatic rings. The summed E-state index contributed by atoms with van der Waals surface area (Å²) >= 11 is 12.1. The standard InChI is InChI=1S/C23H21Cl2N3O3/c24-18-8-7-17(20(25)12-18)15-31-21-6-2-1-5-19(21)23(30)27-11-9-22(29)28-14-16-4-3-10-26-13-16/h1-8,10,12-13H,9,11,14-15H2,(H,27,30)(H,28,29). The summed E-state index contributed by atoms with van der Waals surface area (Å²) in [6.45, 7) is 0.788. The summed E-state index contributed by atoms with van der Waals surface area (Å²) in [5.74, 6) is -0.0593. The van der Waals surface area contributed by atoms with E-state index in [9.17, 15) is 9.59 Å². The van der Waals surface area contributed by atoms with Gasteiger partial charge in [0.2, 0.25) is 5.91 Å². The second-order valence-electron chi connectivity index (χ2n) is 6.66. The molecule has 0 fully saturated rings. The summed E-state index contributed by atoms with van der Waals surface area (Å²) in [4.78, 5) is 28.6. The van der Waals surface area contributed by atoms with E-state index < -0.39 is 0 Å². The van der Waals surface area contributed by atoms with Crippen LogP contribution in [-0.2, 0) is 17.9 Å². The Labute approximate surface area is 190 Å². The summed E-state index contributed by atoms with van der Waals surface area (Å²) in [6.07, 6.45) is 3.53. The predicted molar refractivity (Wildman–Crippen MR) is 120 cm³/mol. The van der Waals surface area contributed by atoms with Gasteiger partial charge in [-0.15, -0.1) is 0 Å². The lowest BCUT2D eigenvalue weighted by atomic mass is 10.2. The van der Waals surface area contributed by atoms with Gasteiger partial charge in [-0.25, -0.2) is 0 Å². The molecule has 2 aromatic carbocycles. The van der Waals surface area contributed by atoms with Crippen LogP contribution in [-0.4, -0.2) is 23.3 Å². The fourth-order valence-corrected chi connectivity index (χ4v) is 3.21. The van der Waals surface area contributed by atoms with Crippen LogP contribution in [0.2, 0.25) is 10.0 Å². The van der Waals surface area contributed by atoms with E-state index in [0.29, 0.717) is 27.9 Å². The number of rotatable bonds is 9. The molecule has 3 aromatic rings. The number of aromatic nitrogens is 1. The van der Waals surface area contributed by atoms with Gasteiger partial charge in [0.15, 0.2) is 0 Å². The Morgan fingerprint density at radius 2 is 1.84 bits per heavy atom. The van der Waals surface area contributed by atoms with E-state index >= 15 is 0 Å². The number of ether oxygens (including phenoxy) is 1. The molecule has 0 saturated carbocycles. The minimum atomic E-state index is -0.321. The second-order valence-corrected chi connectivity index (χ2v) is 7.51. The van der Waals surface area contributed by atoms with Crippen LogP contribution in [0.3, 0.4) is 0 Å². The van der Waals surface area contributed by atoms with E-state index in [4.69, 9.17) is 27.9 Å². The van der Waals surface area contributed by atoms with Gasteiger partial charge in [0.25, 0.3) is 5.91 Å². The van der Waals surface area contributed by atoms with Gasteiger partial charge in [-0.2, -0.15) is 0 Å². The largest absolute Gasteiger partial charge is 0.488 e. The van der Waals surface area contributed by atoms with Crippen molar-refractivity contribution in [1.29, 1.82) is 0 Å². The van der Waals surface area contributed by atoms with Gasteiger partial charge in [-0.3, -0.25) is 14.6 Å². The topological polar surface area (TPSA) is 80.3 Å². The Morgan fingerprint density at radius 3 is 2.61 bits per heavy atom. The number of benzene rings is 2. The van der Waals surface area contributed by atoms with Gasteiger partial charge in [-0.1, -0.05) is 47.5 Å². The fourth-order valence-electron chi connectivity index (χ4n) is 2.75. The van der Waals surface area contributed by atoms with Crippen molar-refractivity contribution < 1.29 is 14.3 Å². The van der Waals surface area contributed by atoms with E-state index in [1.807, 2.05) is 12.1 Å². The molecule has 0 atom stereocenters. The van der Waals surface area contributed by atoms with Crippen LogP contribution in [0.15, 0.2) is 67.0 Å². The molecule has 31 heavy (non-hydrogen) atoms. The van der Waals surface area contributed by atoms with Gasteiger partial charge in [0.05, 0.1) is 5.56 Å². The van der Waals surface area contributed by atoms with Crippen LogP contribution in [0.5, 0.6) is 5.75 Å². The monoisotopic (exact) mass is 457 g/mol. The zero-order chi connectivity index (χ0) is 22.1. The minimum absolute atomic E-state index is 0.161. The minimum Gasteiger partial charge on any atom is -0.488 e. The number of halogens is 2. The maximum atomic E-state index is 12.6. The molecule has 160 valence electrons. The quantitative estimate of drug-likeness (QED) is 0.498. The van der Waals surface area contributed by atoms with Crippen LogP contribution in [0, 0.1) is 0 Å². The van der Waals surface area contributed by atoms with E-state index in [0.717, 1.165) is 11.1 Å². The molecular weight excluding hydrogens is 437 g/mol. The van der Waals surface area contributed by atoms with Gasteiger partial charge < -0.3 is 15.4 Å². The second kappa shape index (κ2) is 11.3. The van der Waals surface area contributed by atoms with Gasteiger partial charge in [0.1, 0.15) is 12.4 Å². The van der Waals surface area contributed by atoms with Crippen LogP contribution < -0.4 is 15.4 Å². The van der Waals surface area contributed by atoms with Crippen molar-refractivity contribution in [1.82, 2.24) is 15.6 Å². The molecule has 2 amide bonds. The Morgan fingerprint density at radius 1 is 1.00 bits per heavy atom. The number of pyridine rings is 1. The third-order valence-electron chi connectivity index (χ3n) is 4.38. The molecular formula is C23H21Cl2N3O3. The molecule has 1 heterocycles. The SMILES string of the molecule is O=C(CCNC(=O)c1ccccc1OCc1ccc(Cl)cc1Cl)NCc1cccnc1. The van der Waals surface area contributed by atoms with Crippen molar-refractivity contribution in [3.8, 4) is 5.75 Å². The lowest BCUT2D eigenvalue weighted by molar-refractivity contribution is -0.121. The number of hydrogen-bond acceptors (Lipinski definition) is 4. The molecule has 0 saturated heterocycles. The van der Waals surface area contributed by atoms with Crippen LogP contribution in [0.4, 0.5) is 0 Å².